The first-order valence-corrected chi connectivity index (χ1v) is 10.5. The molecule has 3 heterocycles. The lowest BCUT2D eigenvalue weighted by Crippen LogP contribution is -2.35. The molecule has 0 spiro atoms. The van der Waals surface area contributed by atoms with Crippen LogP contribution in [0.3, 0.4) is 0 Å². The van der Waals surface area contributed by atoms with Crippen LogP contribution in [0.5, 0.6) is 5.75 Å². The van der Waals surface area contributed by atoms with Gasteiger partial charge in [-0.2, -0.15) is 5.10 Å². The Morgan fingerprint density at radius 1 is 1.16 bits per heavy atom. The molecule has 0 N–H and O–H groups in total. The number of halogens is 2. The van der Waals surface area contributed by atoms with Gasteiger partial charge in [-0.3, -0.25) is 0 Å². The predicted molar refractivity (Wildman–Crippen MR) is 114 cm³/mol. The van der Waals surface area contributed by atoms with Gasteiger partial charge in [0, 0.05) is 16.1 Å². The van der Waals surface area contributed by atoms with Gasteiger partial charge in [-0.15, -0.1) is 10.2 Å². The lowest BCUT2D eigenvalue weighted by molar-refractivity contribution is -0.190. The van der Waals surface area contributed by atoms with Crippen LogP contribution >= 0.6 is 23.2 Å². The first kappa shape index (κ1) is 20.9. The summed E-state index contributed by atoms with van der Waals surface area (Å²) in [5, 5.41) is 12.7. The summed E-state index contributed by atoms with van der Waals surface area (Å²) in [4.78, 5) is 3.99. The van der Waals surface area contributed by atoms with Crippen LogP contribution in [0.1, 0.15) is 5.56 Å². The van der Waals surface area contributed by atoms with Gasteiger partial charge < -0.3 is 18.6 Å². The van der Waals surface area contributed by atoms with Gasteiger partial charge in [-0.1, -0.05) is 29.3 Å². The third-order valence-electron chi connectivity index (χ3n) is 4.93. The van der Waals surface area contributed by atoms with Gasteiger partial charge in [-0.25, -0.2) is 9.67 Å². The van der Waals surface area contributed by atoms with Crippen molar-refractivity contribution in [2.45, 2.75) is 18.4 Å². The minimum atomic E-state index is -1.15. The summed E-state index contributed by atoms with van der Waals surface area (Å²) in [5.41, 5.74) is 1.46. The molecule has 0 aliphatic carbocycles. The van der Waals surface area contributed by atoms with Gasteiger partial charge in [0.2, 0.25) is 18.1 Å². The number of hydrogen-bond acceptors (Lipinski definition) is 8. The number of nitrogens with zero attached hydrogens (tertiary/aromatic N) is 5. The van der Waals surface area contributed by atoms with Crippen molar-refractivity contribution in [1.29, 1.82) is 0 Å². The van der Waals surface area contributed by atoms with Crippen molar-refractivity contribution in [3.05, 3.63) is 77.1 Å². The van der Waals surface area contributed by atoms with Gasteiger partial charge in [0.15, 0.2) is 0 Å². The number of rotatable bonds is 7. The summed E-state index contributed by atoms with van der Waals surface area (Å²) < 4.78 is 25.2. The fourth-order valence-electron chi connectivity index (χ4n) is 3.46. The molecule has 32 heavy (non-hydrogen) atoms. The molecule has 0 radical (unpaired) electrons. The Labute approximate surface area is 192 Å². The first-order chi connectivity index (χ1) is 15.6. The topological polar surface area (TPSA) is 97.3 Å². The largest absolute Gasteiger partial charge is 0.491 e. The van der Waals surface area contributed by atoms with Crippen LogP contribution in [0.25, 0.3) is 11.5 Å². The summed E-state index contributed by atoms with van der Waals surface area (Å²) in [7, 11) is 0. The summed E-state index contributed by atoms with van der Waals surface area (Å²) >= 11 is 12.6. The summed E-state index contributed by atoms with van der Waals surface area (Å²) in [6.45, 7) is 0.863. The van der Waals surface area contributed by atoms with Crippen LogP contribution < -0.4 is 4.74 Å². The van der Waals surface area contributed by atoms with E-state index in [1.807, 2.05) is 24.3 Å². The molecule has 2 aromatic heterocycles. The normalized spacial score (nSPS) is 20.5. The van der Waals surface area contributed by atoms with E-state index >= 15 is 0 Å². The van der Waals surface area contributed by atoms with E-state index in [4.69, 9.17) is 41.8 Å². The molecule has 0 bridgehead atoms. The fourth-order valence-corrected chi connectivity index (χ4v) is 4.02. The smallest absolute Gasteiger partial charge is 0.247 e. The van der Waals surface area contributed by atoms with Crippen molar-refractivity contribution in [3.8, 4) is 17.2 Å². The van der Waals surface area contributed by atoms with Crippen molar-refractivity contribution >= 4 is 23.2 Å². The molecule has 2 atom stereocenters. The molecule has 2 unspecified atom stereocenters. The van der Waals surface area contributed by atoms with Crippen LogP contribution in [-0.2, 0) is 21.8 Å². The Morgan fingerprint density at radius 2 is 2.03 bits per heavy atom. The molecule has 2 aromatic carbocycles. The highest BCUT2D eigenvalue weighted by atomic mass is 35.5. The second-order valence-corrected chi connectivity index (χ2v) is 7.94. The predicted octanol–water partition coefficient (Wildman–Crippen LogP) is 3.98. The van der Waals surface area contributed by atoms with Crippen molar-refractivity contribution < 1.29 is 18.6 Å². The average Bonchev–Trinajstić information content (AvgIpc) is 3.56. The van der Waals surface area contributed by atoms with E-state index in [0.717, 1.165) is 5.56 Å². The Hall–Kier alpha value is -2.98. The molecule has 4 aromatic rings. The molecule has 1 aliphatic rings. The summed E-state index contributed by atoms with van der Waals surface area (Å²) in [6, 6.07) is 12.5. The number of benzene rings is 2. The van der Waals surface area contributed by atoms with E-state index in [1.165, 1.54) is 12.7 Å². The molecule has 9 nitrogen and oxygen atoms in total. The zero-order valence-electron chi connectivity index (χ0n) is 16.6. The number of hydrogen-bond donors (Lipinski definition) is 0. The Morgan fingerprint density at radius 3 is 2.75 bits per heavy atom. The van der Waals surface area contributed by atoms with E-state index in [1.54, 1.807) is 29.2 Å². The van der Waals surface area contributed by atoms with Crippen molar-refractivity contribution in [2.75, 3.05) is 13.2 Å². The molecule has 0 saturated carbocycles. The summed E-state index contributed by atoms with van der Waals surface area (Å²) in [6.07, 6.45) is 3.99. The average molecular weight is 474 g/mol. The third kappa shape index (κ3) is 4.33. The monoisotopic (exact) mass is 473 g/mol. The SMILES string of the molecule is Clc1ccc(C2(Cn3cncn3)OCC(COc3ccc(-c4nnco4)cc3)O2)c(Cl)c1. The van der Waals surface area contributed by atoms with E-state index in [9.17, 15) is 0 Å². The minimum Gasteiger partial charge on any atom is -0.491 e. The Balaban J connectivity index is 1.30. The highest BCUT2D eigenvalue weighted by Gasteiger charge is 2.45. The molecule has 11 heteroatoms. The molecular formula is C21H17Cl2N5O4. The number of aromatic nitrogens is 5. The van der Waals surface area contributed by atoms with Gasteiger partial charge in [0.25, 0.3) is 0 Å². The van der Waals surface area contributed by atoms with Crippen LogP contribution in [0.15, 0.2) is 65.9 Å². The van der Waals surface area contributed by atoms with E-state index in [0.29, 0.717) is 33.9 Å². The van der Waals surface area contributed by atoms with Gasteiger partial charge in [0.05, 0.1) is 11.6 Å². The van der Waals surface area contributed by atoms with Crippen molar-refractivity contribution in [3.63, 3.8) is 0 Å². The van der Waals surface area contributed by atoms with E-state index in [2.05, 4.69) is 20.3 Å². The van der Waals surface area contributed by atoms with E-state index in [-0.39, 0.29) is 19.3 Å². The fraction of sp³-hybridized carbons (Fsp3) is 0.238. The lowest BCUT2D eigenvalue weighted by Gasteiger charge is -2.29. The van der Waals surface area contributed by atoms with Crippen LogP contribution in [0.2, 0.25) is 10.0 Å². The highest BCUT2D eigenvalue weighted by Crippen LogP contribution is 2.40. The maximum Gasteiger partial charge on any atom is 0.247 e. The molecule has 0 amide bonds. The third-order valence-corrected chi connectivity index (χ3v) is 5.48. The maximum atomic E-state index is 6.48. The van der Waals surface area contributed by atoms with Crippen molar-refractivity contribution in [2.24, 2.45) is 0 Å². The van der Waals surface area contributed by atoms with Gasteiger partial charge in [-0.05, 0) is 36.4 Å². The maximum absolute atomic E-state index is 6.48. The van der Waals surface area contributed by atoms with Crippen LogP contribution in [-0.4, -0.2) is 44.3 Å². The lowest BCUT2D eigenvalue weighted by atomic mass is 10.1. The zero-order chi connectivity index (χ0) is 22.0. The Kier molecular flexibility index (Phi) is 5.79. The molecular weight excluding hydrogens is 457 g/mol. The van der Waals surface area contributed by atoms with Crippen LogP contribution in [0, 0.1) is 0 Å². The molecule has 164 valence electrons. The minimum absolute atomic E-state index is 0.268. The molecule has 1 saturated heterocycles. The van der Waals surface area contributed by atoms with Crippen LogP contribution in [0.4, 0.5) is 0 Å². The summed E-state index contributed by atoms with van der Waals surface area (Å²) in [5.74, 6) is -0.0254. The Bertz CT molecular complexity index is 1170. The van der Waals surface area contributed by atoms with Gasteiger partial charge in [0.1, 0.15) is 37.7 Å². The standard InChI is InChI=1S/C21H17Cl2N5O4/c22-15-3-6-18(19(23)7-15)21(10-28-12-24-11-26-28)31-9-17(32-21)8-29-16-4-1-14(2-5-16)20-27-25-13-30-20/h1-7,11-13,17H,8-10H2. The molecule has 1 fully saturated rings. The van der Waals surface area contributed by atoms with Crippen molar-refractivity contribution in [1.82, 2.24) is 25.0 Å². The van der Waals surface area contributed by atoms with Gasteiger partial charge >= 0.3 is 0 Å². The second-order valence-electron chi connectivity index (χ2n) is 7.10. The zero-order valence-corrected chi connectivity index (χ0v) is 18.1. The quantitative estimate of drug-likeness (QED) is 0.397. The molecule has 1 aliphatic heterocycles. The number of ether oxygens (including phenoxy) is 3. The molecule has 5 rings (SSSR count). The highest BCUT2D eigenvalue weighted by molar-refractivity contribution is 6.35. The van der Waals surface area contributed by atoms with E-state index < -0.39 is 5.79 Å². The first-order valence-electron chi connectivity index (χ1n) is 9.70. The second kappa shape index (κ2) is 8.87.